The van der Waals surface area contributed by atoms with E-state index in [1.165, 1.54) is 19.1 Å². The quantitative estimate of drug-likeness (QED) is 0.0281. The number of ether oxygens (including phenoxy) is 14. The highest BCUT2D eigenvalue weighted by Crippen LogP contribution is 2.26. The van der Waals surface area contributed by atoms with E-state index in [0.29, 0.717) is 151 Å². The van der Waals surface area contributed by atoms with Gasteiger partial charge >= 0.3 is 5.97 Å². The normalized spacial score (nSPS) is 17.7. The molecule has 6 N–H and O–H groups in total. The fraction of sp³-hybridized carbons (Fsp3) is 0.795. The summed E-state index contributed by atoms with van der Waals surface area (Å²) in [4.78, 5) is 28.7. The first-order valence-electron chi connectivity index (χ1n) is 20.4. The molecule has 0 aliphatic carbocycles. The number of aliphatic hydroxyl groups is 3. The summed E-state index contributed by atoms with van der Waals surface area (Å²) < 4.78 is 75.9. The maximum atomic E-state index is 13.1. The monoisotopic (exact) mass is 884 g/mol. The summed E-state index contributed by atoms with van der Waals surface area (Å²) in [5.74, 6) is 3.94. The Balaban J connectivity index is 1.34. The number of amides is 1. The Bertz CT molecular complexity index is 1220. The van der Waals surface area contributed by atoms with Crippen LogP contribution in [0, 0.1) is 0 Å². The largest absolute Gasteiger partial charge is 0.461 e. The summed E-state index contributed by atoms with van der Waals surface area (Å²) in [7, 11) is 0. The molecule has 0 radical (unpaired) electrons. The van der Waals surface area contributed by atoms with E-state index in [9.17, 15) is 24.9 Å². The lowest BCUT2D eigenvalue weighted by molar-refractivity contribution is -0.242. The lowest BCUT2D eigenvalue weighted by atomic mass is 10.1. The molecule has 0 aromatic heterocycles. The van der Waals surface area contributed by atoms with Crippen LogP contribution in [0.4, 0.5) is 0 Å². The second-order valence-corrected chi connectivity index (χ2v) is 12.8. The van der Waals surface area contributed by atoms with Gasteiger partial charge in [-0.1, -0.05) is 6.07 Å². The van der Waals surface area contributed by atoms with Gasteiger partial charge in [-0.15, -0.1) is 0 Å². The van der Waals surface area contributed by atoms with E-state index in [4.69, 9.17) is 72.2 Å². The van der Waals surface area contributed by atoms with Gasteiger partial charge in [-0.2, -0.15) is 0 Å². The Morgan fingerprint density at radius 2 is 1.00 bits per heavy atom. The van der Waals surface area contributed by atoms with Crippen LogP contribution in [0.15, 0.2) is 18.2 Å². The van der Waals surface area contributed by atoms with E-state index in [0.717, 1.165) is 0 Å². The summed E-state index contributed by atoms with van der Waals surface area (Å²) in [6.45, 7) is 10.9. The van der Waals surface area contributed by atoms with E-state index in [2.05, 4.69) is 10.2 Å². The average Bonchev–Trinajstić information content (AvgIpc) is 3.25. The molecule has 1 aromatic carbocycles. The summed E-state index contributed by atoms with van der Waals surface area (Å²) in [5.41, 5.74) is 0.598. The first-order chi connectivity index (χ1) is 29.8. The zero-order chi connectivity index (χ0) is 44.0. The standard InChI is InChI=1S/C39H68N2O20/c1-31(42)58-29-32-2-3-35(61-39-37(45)36(44)34(43)30-59-39)33(28-32)38(46)41-4-5-47-6-7-48-8-9-49-10-11-50-12-13-51-14-15-52-16-17-53-18-19-54-20-21-55-22-23-56-24-25-57-26-27-60-40/h2-3,28,34,36-37,39,43-45H,4-27,29-30,40H2,1H3,(H,41,46)/t34-,36+,37-,39+/m1/s1. The van der Waals surface area contributed by atoms with Crippen LogP contribution in [0.3, 0.4) is 0 Å². The molecule has 22 heteroatoms. The van der Waals surface area contributed by atoms with Crippen molar-refractivity contribution in [1.29, 1.82) is 0 Å². The summed E-state index contributed by atoms with van der Waals surface area (Å²) in [6.07, 6.45) is -5.66. The molecule has 1 aliphatic heterocycles. The van der Waals surface area contributed by atoms with Gasteiger partial charge in [0.25, 0.3) is 5.91 Å². The molecule has 61 heavy (non-hydrogen) atoms. The van der Waals surface area contributed by atoms with Crippen LogP contribution in [0.2, 0.25) is 0 Å². The minimum absolute atomic E-state index is 0.0521. The fourth-order valence-electron chi connectivity index (χ4n) is 4.88. The number of esters is 1. The lowest BCUT2D eigenvalue weighted by Crippen LogP contribution is -2.54. The highest BCUT2D eigenvalue weighted by molar-refractivity contribution is 5.97. The Morgan fingerprint density at radius 1 is 0.607 bits per heavy atom. The molecular formula is C39H68N2O20. The van der Waals surface area contributed by atoms with Gasteiger partial charge in [0, 0.05) is 13.5 Å². The highest BCUT2D eigenvalue weighted by Gasteiger charge is 2.39. The molecule has 0 unspecified atom stereocenters. The number of rotatable bonds is 41. The topological polar surface area (TPSA) is 271 Å². The van der Waals surface area contributed by atoms with E-state index in [1.807, 2.05) is 0 Å². The van der Waals surface area contributed by atoms with Crippen LogP contribution in [-0.4, -0.2) is 217 Å². The second kappa shape index (κ2) is 37.8. The molecule has 22 nitrogen and oxygen atoms in total. The van der Waals surface area contributed by atoms with Crippen molar-refractivity contribution in [3.63, 3.8) is 0 Å². The zero-order valence-corrected chi connectivity index (χ0v) is 35.3. The Morgan fingerprint density at radius 3 is 1.39 bits per heavy atom. The maximum absolute atomic E-state index is 13.1. The van der Waals surface area contributed by atoms with Gasteiger partial charge in [-0.25, -0.2) is 5.90 Å². The molecule has 1 aromatic rings. The van der Waals surface area contributed by atoms with Gasteiger partial charge in [0.15, 0.2) is 0 Å². The second-order valence-electron chi connectivity index (χ2n) is 12.8. The van der Waals surface area contributed by atoms with Gasteiger partial charge < -0.3 is 91.8 Å². The molecule has 4 atom stereocenters. The zero-order valence-electron chi connectivity index (χ0n) is 35.3. The third kappa shape index (κ3) is 28.6. The smallest absolute Gasteiger partial charge is 0.302 e. The van der Waals surface area contributed by atoms with Crippen molar-refractivity contribution in [1.82, 2.24) is 5.32 Å². The molecule has 1 saturated heterocycles. The van der Waals surface area contributed by atoms with E-state index in [1.54, 1.807) is 6.07 Å². The average molecular weight is 885 g/mol. The van der Waals surface area contributed by atoms with Crippen LogP contribution in [-0.2, 0) is 77.8 Å². The maximum Gasteiger partial charge on any atom is 0.302 e. The van der Waals surface area contributed by atoms with Crippen LogP contribution in [0.1, 0.15) is 22.8 Å². The third-order valence-electron chi connectivity index (χ3n) is 8.03. The first-order valence-corrected chi connectivity index (χ1v) is 20.4. The molecule has 1 heterocycles. The van der Waals surface area contributed by atoms with E-state index >= 15 is 0 Å². The Hall–Kier alpha value is -2.72. The van der Waals surface area contributed by atoms with Crippen molar-refractivity contribution in [3.8, 4) is 5.75 Å². The summed E-state index contributed by atoms with van der Waals surface area (Å²) in [6, 6.07) is 4.52. The molecule has 0 bridgehead atoms. The van der Waals surface area contributed by atoms with E-state index < -0.39 is 36.5 Å². The van der Waals surface area contributed by atoms with Crippen LogP contribution >= 0.6 is 0 Å². The summed E-state index contributed by atoms with van der Waals surface area (Å²) in [5, 5.41) is 32.7. The Kier molecular flexibility index (Phi) is 33.7. The molecule has 354 valence electrons. The lowest BCUT2D eigenvalue weighted by Gasteiger charge is -2.35. The number of nitrogens with one attached hydrogen (secondary N) is 1. The predicted molar refractivity (Wildman–Crippen MR) is 212 cm³/mol. The SMILES string of the molecule is CC(=O)OCc1ccc(O[C@@H]2OC[C@@H](O)[C@H](O)[C@H]2O)c(C(=O)NCCOCCOCCOCCOCCOCCOCCOCCOCCOCCOCCOCCON)c1. The Labute approximate surface area is 357 Å². The van der Waals surface area contributed by atoms with Gasteiger partial charge in [0.1, 0.15) is 30.7 Å². The van der Waals surface area contributed by atoms with Crippen molar-refractivity contribution in [2.24, 2.45) is 5.90 Å². The number of benzene rings is 1. The first kappa shape index (κ1) is 54.4. The minimum Gasteiger partial charge on any atom is -0.461 e. The van der Waals surface area contributed by atoms with Gasteiger partial charge in [-0.05, 0) is 17.7 Å². The van der Waals surface area contributed by atoms with Crippen LogP contribution in [0.25, 0.3) is 0 Å². The molecule has 2 rings (SSSR count). The van der Waals surface area contributed by atoms with Crippen molar-refractivity contribution >= 4 is 11.9 Å². The van der Waals surface area contributed by atoms with Crippen molar-refractivity contribution in [3.05, 3.63) is 29.3 Å². The number of hydrogen-bond acceptors (Lipinski definition) is 21. The molecule has 1 amide bonds. The molecular weight excluding hydrogens is 816 g/mol. The number of aliphatic hydroxyl groups excluding tert-OH is 3. The van der Waals surface area contributed by atoms with Gasteiger partial charge in [-0.3, -0.25) is 9.59 Å². The number of nitrogens with two attached hydrogens (primary N) is 1. The minimum atomic E-state index is -1.56. The predicted octanol–water partition coefficient (Wildman–Crippen LogP) is -1.63. The molecule has 0 saturated carbocycles. The van der Waals surface area contributed by atoms with Gasteiger partial charge in [0.05, 0.1) is 164 Å². The number of hydrogen-bond donors (Lipinski definition) is 5. The fourth-order valence-corrected chi connectivity index (χ4v) is 4.88. The summed E-state index contributed by atoms with van der Waals surface area (Å²) >= 11 is 0. The van der Waals surface area contributed by atoms with Crippen molar-refractivity contribution in [2.45, 2.75) is 38.1 Å². The number of carbonyl (C=O) groups is 2. The van der Waals surface area contributed by atoms with Crippen LogP contribution < -0.4 is 16.0 Å². The molecule has 0 spiro atoms. The molecule has 1 fully saturated rings. The third-order valence-corrected chi connectivity index (χ3v) is 8.03. The van der Waals surface area contributed by atoms with E-state index in [-0.39, 0.29) is 37.7 Å². The van der Waals surface area contributed by atoms with Crippen LogP contribution in [0.5, 0.6) is 5.75 Å². The highest BCUT2D eigenvalue weighted by atomic mass is 16.7. The molecule has 1 aliphatic rings. The number of carbonyl (C=O) groups excluding carboxylic acids is 2. The van der Waals surface area contributed by atoms with Gasteiger partial charge in [0.2, 0.25) is 6.29 Å². The van der Waals surface area contributed by atoms with Crippen molar-refractivity contribution in [2.75, 3.05) is 165 Å². The van der Waals surface area contributed by atoms with Crippen molar-refractivity contribution < 1.29 is 96.1 Å².